The van der Waals surface area contributed by atoms with E-state index in [0.29, 0.717) is 15.7 Å². The highest BCUT2D eigenvalue weighted by Gasteiger charge is 2.18. The number of nitrogens with two attached hydrogens (primary N) is 1. The molecule has 0 radical (unpaired) electrons. The second kappa shape index (κ2) is 6.00. The first-order valence-corrected chi connectivity index (χ1v) is 8.45. The number of nitrogens with zero attached hydrogens (tertiary/aromatic N) is 2. The first-order valence-electron chi connectivity index (χ1n) is 6.15. The molecule has 21 heavy (non-hydrogen) atoms. The molecular weight excluding hydrogens is 308 g/mol. The topological polar surface area (TPSA) is 98.0 Å². The Bertz CT molecular complexity index is 755. The molecule has 0 spiro atoms. The van der Waals surface area contributed by atoms with Crippen molar-refractivity contribution in [2.45, 2.75) is 28.8 Å². The molecule has 8 heteroatoms. The van der Waals surface area contributed by atoms with Crippen molar-refractivity contribution in [2.24, 2.45) is 0 Å². The summed E-state index contributed by atoms with van der Waals surface area (Å²) in [5.41, 5.74) is 7.74. The molecule has 6 nitrogen and oxygen atoms in total. The van der Waals surface area contributed by atoms with Crippen LogP contribution in [0.5, 0.6) is 0 Å². The third kappa shape index (κ3) is 3.72. The van der Waals surface area contributed by atoms with Crippen LogP contribution in [0, 0.1) is 13.8 Å². The summed E-state index contributed by atoms with van der Waals surface area (Å²) in [5.74, 6) is 0. The molecule has 0 bridgehead atoms. The molecule has 0 saturated carbocycles. The van der Waals surface area contributed by atoms with Crippen LogP contribution < -0.4 is 10.5 Å². The maximum Gasteiger partial charge on any atom is 0.241 e. The van der Waals surface area contributed by atoms with E-state index in [0.717, 1.165) is 11.4 Å². The van der Waals surface area contributed by atoms with Gasteiger partial charge < -0.3 is 5.73 Å². The lowest BCUT2D eigenvalue weighted by Gasteiger charge is -2.10. The first kappa shape index (κ1) is 15.7. The van der Waals surface area contributed by atoms with Crippen LogP contribution in [0.2, 0.25) is 0 Å². The summed E-state index contributed by atoms with van der Waals surface area (Å²) in [6, 6.07) is 6.60. The minimum absolute atomic E-state index is 0.123. The van der Waals surface area contributed by atoms with Crippen LogP contribution in [-0.4, -0.2) is 25.4 Å². The molecule has 0 amide bonds. The van der Waals surface area contributed by atoms with Crippen molar-refractivity contribution < 1.29 is 8.42 Å². The third-order valence-electron chi connectivity index (χ3n) is 2.69. The zero-order valence-corrected chi connectivity index (χ0v) is 13.5. The largest absolute Gasteiger partial charge is 0.399 e. The Morgan fingerprint density at radius 1 is 1.14 bits per heavy atom. The van der Waals surface area contributed by atoms with E-state index < -0.39 is 10.0 Å². The number of aromatic nitrogens is 2. The predicted octanol–water partition coefficient (Wildman–Crippen LogP) is 1.73. The first-order chi connectivity index (χ1) is 9.81. The Morgan fingerprint density at radius 2 is 1.76 bits per heavy atom. The van der Waals surface area contributed by atoms with E-state index in [-0.39, 0.29) is 4.90 Å². The van der Waals surface area contributed by atoms with Crippen LogP contribution in [0.3, 0.4) is 0 Å². The van der Waals surface area contributed by atoms with Crippen LogP contribution in [0.1, 0.15) is 11.4 Å². The van der Waals surface area contributed by atoms with Crippen LogP contribution in [0.25, 0.3) is 0 Å². The number of anilines is 1. The Morgan fingerprint density at radius 3 is 2.33 bits per heavy atom. The number of benzene rings is 1. The van der Waals surface area contributed by atoms with Crippen LogP contribution in [0.15, 0.2) is 39.2 Å². The van der Waals surface area contributed by atoms with Gasteiger partial charge in [0.2, 0.25) is 10.0 Å². The Labute approximate surface area is 128 Å². The summed E-state index contributed by atoms with van der Waals surface area (Å²) in [6.45, 7) is 3.74. The van der Waals surface area contributed by atoms with Gasteiger partial charge in [-0.05, 0) is 56.9 Å². The smallest absolute Gasteiger partial charge is 0.241 e. The Hall–Kier alpha value is -1.64. The van der Waals surface area contributed by atoms with E-state index in [2.05, 4.69) is 14.7 Å². The summed E-state index contributed by atoms with van der Waals surface area (Å²) in [4.78, 5) is 9.27. The van der Waals surface area contributed by atoms with Gasteiger partial charge in [-0.25, -0.2) is 23.1 Å². The molecular formula is C13H16N4O2S2. The fourth-order valence-corrected chi connectivity index (χ4v) is 3.94. The number of hydrogen-bond donors (Lipinski definition) is 2. The second-order valence-corrected chi connectivity index (χ2v) is 7.31. The van der Waals surface area contributed by atoms with Crippen molar-refractivity contribution in [2.75, 3.05) is 12.8 Å². The predicted molar refractivity (Wildman–Crippen MR) is 82.7 cm³/mol. The van der Waals surface area contributed by atoms with Gasteiger partial charge in [-0.3, -0.25) is 0 Å². The van der Waals surface area contributed by atoms with E-state index in [1.165, 1.54) is 24.9 Å². The van der Waals surface area contributed by atoms with Crippen molar-refractivity contribution in [1.29, 1.82) is 0 Å². The molecule has 0 aliphatic rings. The molecule has 0 aliphatic heterocycles. The van der Waals surface area contributed by atoms with Crippen LogP contribution in [-0.2, 0) is 10.0 Å². The number of rotatable bonds is 4. The third-order valence-corrected chi connectivity index (χ3v) is 5.21. The SMILES string of the molecule is CNS(=O)(=O)c1cc(N)ccc1Sc1nc(C)cc(C)n1. The van der Waals surface area contributed by atoms with E-state index in [9.17, 15) is 8.42 Å². The zero-order chi connectivity index (χ0) is 15.6. The fraction of sp³-hybridized carbons (Fsp3) is 0.231. The standard InChI is InChI=1S/C13H16N4O2S2/c1-8-6-9(2)17-13(16-8)20-11-5-4-10(14)7-12(11)21(18,19)15-3/h4-7,15H,14H2,1-3H3. The lowest BCUT2D eigenvalue weighted by Crippen LogP contribution is -2.19. The monoisotopic (exact) mass is 324 g/mol. The van der Waals surface area contributed by atoms with Gasteiger partial charge in [0.25, 0.3) is 0 Å². The average Bonchev–Trinajstić information content (AvgIpc) is 2.39. The van der Waals surface area contributed by atoms with E-state index >= 15 is 0 Å². The van der Waals surface area contributed by atoms with Gasteiger partial charge in [0, 0.05) is 22.0 Å². The number of nitrogen functional groups attached to an aromatic ring is 1. The molecule has 0 atom stereocenters. The molecule has 2 rings (SSSR count). The maximum absolute atomic E-state index is 12.1. The normalized spacial score (nSPS) is 11.6. The minimum Gasteiger partial charge on any atom is -0.399 e. The molecule has 3 N–H and O–H groups in total. The van der Waals surface area contributed by atoms with Gasteiger partial charge in [0.05, 0.1) is 4.90 Å². The summed E-state index contributed by atoms with van der Waals surface area (Å²) < 4.78 is 26.5. The molecule has 112 valence electrons. The maximum atomic E-state index is 12.1. The highest BCUT2D eigenvalue weighted by atomic mass is 32.2. The molecule has 0 unspecified atom stereocenters. The Kier molecular flexibility index (Phi) is 4.50. The Balaban J connectivity index is 2.49. The number of hydrogen-bond acceptors (Lipinski definition) is 6. The van der Waals surface area contributed by atoms with Crippen LogP contribution in [0.4, 0.5) is 5.69 Å². The average molecular weight is 324 g/mol. The highest BCUT2D eigenvalue weighted by Crippen LogP contribution is 2.32. The van der Waals surface area contributed by atoms with Gasteiger partial charge in [-0.1, -0.05) is 0 Å². The van der Waals surface area contributed by atoms with E-state index in [1.807, 2.05) is 19.9 Å². The van der Waals surface area contributed by atoms with Gasteiger partial charge >= 0.3 is 0 Å². The van der Waals surface area contributed by atoms with Crippen molar-refractivity contribution in [1.82, 2.24) is 14.7 Å². The highest BCUT2D eigenvalue weighted by molar-refractivity contribution is 8.00. The lowest BCUT2D eigenvalue weighted by molar-refractivity contribution is 0.586. The van der Waals surface area contributed by atoms with E-state index in [1.54, 1.807) is 12.1 Å². The summed E-state index contributed by atoms with van der Waals surface area (Å²) >= 11 is 1.20. The van der Waals surface area contributed by atoms with Gasteiger partial charge in [0.1, 0.15) is 0 Å². The molecule has 1 aromatic carbocycles. The van der Waals surface area contributed by atoms with Crippen LogP contribution >= 0.6 is 11.8 Å². The van der Waals surface area contributed by atoms with Crippen molar-refractivity contribution in [3.8, 4) is 0 Å². The molecule has 2 aromatic rings. The van der Waals surface area contributed by atoms with Gasteiger partial charge in [-0.15, -0.1) is 0 Å². The lowest BCUT2D eigenvalue weighted by atomic mass is 10.3. The fourth-order valence-electron chi connectivity index (χ4n) is 1.77. The minimum atomic E-state index is -3.60. The zero-order valence-electron chi connectivity index (χ0n) is 11.9. The summed E-state index contributed by atoms with van der Waals surface area (Å²) in [6.07, 6.45) is 0. The van der Waals surface area contributed by atoms with Gasteiger partial charge in [-0.2, -0.15) is 0 Å². The number of aryl methyl sites for hydroxylation is 2. The van der Waals surface area contributed by atoms with Crippen molar-refractivity contribution in [3.63, 3.8) is 0 Å². The van der Waals surface area contributed by atoms with E-state index in [4.69, 9.17) is 5.73 Å². The molecule has 1 aromatic heterocycles. The number of sulfonamides is 1. The molecule has 0 saturated heterocycles. The molecule has 0 fully saturated rings. The molecule has 0 aliphatic carbocycles. The number of nitrogens with one attached hydrogen (secondary N) is 1. The quantitative estimate of drug-likeness (QED) is 0.656. The van der Waals surface area contributed by atoms with Gasteiger partial charge in [0.15, 0.2) is 5.16 Å². The summed E-state index contributed by atoms with van der Waals surface area (Å²) in [7, 11) is -2.24. The summed E-state index contributed by atoms with van der Waals surface area (Å²) in [5, 5.41) is 0.504. The van der Waals surface area contributed by atoms with Crippen molar-refractivity contribution >= 4 is 27.5 Å². The van der Waals surface area contributed by atoms with Crippen molar-refractivity contribution in [3.05, 3.63) is 35.7 Å². The second-order valence-electron chi connectivity index (χ2n) is 4.45. The molecule has 1 heterocycles.